The summed E-state index contributed by atoms with van der Waals surface area (Å²) in [6.07, 6.45) is 4.44. The molecule has 1 N–H and O–H groups in total. The summed E-state index contributed by atoms with van der Waals surface area (Å²) in [5.41, 5.74) is 2.51. The van der Waals surface area contributed by atoms with Gasteiger partial charge < -0.3 is 9.84 Å². The molecule has 0 atom stereocenters. The molecule has 0 aromatic carbocycles. The highest BCUT2D eigenvalue weighted by Crippen LogP contribution is 2.18. The lowest BCUT2D eigenvalue weighted by atomic mass is 10.2. The third-order valence-electron chi connectivity index (χ3n) is 2.14. The smallest absolute Gasteiger partial charge is 0.328 e. The van der Waals surface area contributed by atoms with Crippen LogP contribution in [0.5, 0.6) is 5.75 Å². The lowest BCUT2D eigenvalue weighted by Gasteiger charge is -2.07. The van der Waals surface area contributed by atoms with Gasteiger partial charge >= 0.3 is 5.97 Å². The van der Waals surface area contributed by atoms with Crippen molar-refractivity contribution in [2.45, 2.75) is 20.8 Å². The van der Waals surface area contributed by atoms with Crippen molar-refractivity contribution in [2.24, 2.45) is 0 Å². The second-order valence-electron chi connectivity index (χ2n) is 4.10. The fourth-order valence-corrected chi connectivity index (χ4v) is 1.25. The normalized spacial score (nSPS) is 10.4. The summed E-state index contributed by atoms with van der Waals surface area (Å²) in [4.78, 5) is 14.8. The molecular formula is C14H17NO3. The number of aromatic nitrogens is 1. The molecule has 0 unspecified atom stereocenters. The molecule has 1 rings (SSSR count). The number of nitrogens with zero attached hydrogens (tertiary/aromatic N) is 1. The minimum absolute atomic E-state index is 0.445. The van der Waals surface area contributed by atoms with E-state index < -0.39 is 5.97 Å². The molecule has 0 spiro atoms. The zero-order valence-electron chi connectivity index (χ0n) is 10.8. The van der Waals surface area contributed by atoms with Gasteiger partial charge in [0.2, 0.25) is 0 Å². The summed E-state index contributed by atoms with van der Waals surface area (Å²) >= 11 is 0. The van der Waals surface area contributed by atoms with Crippen molar-refractivity contribution in [2.75, 3.05) is 6.61 Å². The molecule has 0 saturated carbocycles. The first-order valence-electron chi connectivity index (χ1n) is 5.64. The Morgan fingerprint density at radius 1 is 1.44 bits per heavy atom. The molecule has 96 valence electrons. The van der Waals surface area contributed by atoms with Gasteiger partial charge in [0.15, 0.2) is 0 Å². The van der Waals surface area contributed by atoms with Crippen LogP contribution in [-0.4, -0.2) is 22.7 Å². The van der Waals surface area contributed by atoms with Crippen LogP contribution < -0.4 is 4.74 Å². The predicted molar refractivity (Wildman–Crippen MR) is 70.6 cm³/mol. The van der Waals surface area contributed by atoms with Crippen molar-refractivity contribution in [1.82, 2.24) is 4.98 Å². The van der Waals surface area contributed by atoms with Gasteiger partial charge in [-0.15, -0.1) is 0 Å². The quantitative estimate of drug-likeness (QED) is 0.642. The molecule has 0 radical (unpaired) electrons. The number of aliphatic carboxylic acids is 1. The van der Waals surface area contributed by atoms with E-state index in [2.05, 4.69) is 4.98 Å². The third kappa shape index (κ3) is 4.82. The Hall–Kier alpha value is -2.10. The first kappa shape index (κ1) is 14.0. The summed E-state index contributed by atoms with van der Waals surface area (Å²) in [5, 5.41) is 8.62. The van der Waals surface area contributed by atoms with Crippen molar-refractivity contribution in [3.8, 4) is 5.75 Å². The number of allylic oxidation sites excluding steroid dienone is 1. The molecule has 0 aliphatic carbocycles. The number of hydrogen-bond donors (Lipinski definition) is 1. The molecule has 0 amide bonds. The van der Waals surface area contributed by atoms with Gasteiger partial charge in [0.25, 0.3) is 0 Å². The van der Waals surface area contributed by atoms with Crippen molar-refractivity contribution in [3.05, 3.63) is 41.2 Å². The second kappa shape index (κ2) is 6.59. The van der Waals surface area contributed by atoms with E-state index in [1.165, 1.54) is 6.08 Å². The zero-order chi connectivity index (χ0) is 13.5. The van der Waals surface area contributed by atoms with E-state index in [9.17, 15) is 4.79 Å². The molecule has 1 heterocycles. The molecule has 1 aromatic heterocycles. The molecule has 4 heteroatoms. The summed E-state index contributed by atoms with van der Waals surface area (Å²) in [6, 6.07) is 3.62. The lowest BCUT2D eigenvalue weighted by Crippen LogP contribution is -1.99. The van der Waals surface area contributed by atoms with E-state index in [1.807, 2.05) is 32.9 Å². The van der Waals surface area contributed by atoms with Crippen LogP contribution in [0.15, 0.2) is 29.9 Å². The van der Waals surface area contributed by atoms with Crippen LogP contribution in [0, 0.1) is 6.92 Å². The maximum atomic E-state index is 10.5. The number of aryl methyl sites for hydroxylation is 1. The highest BCUT2D eigenvalue weighted by Gasteiger charge is 2.03. The van der Waals surface area contributed by atoms with E-state index in [-0.39, 0.29) is 0 Å². The summed E-state index contributed by atoms with van der Waals surface area (Å²) in [7, 11) is 0. The average molecular weight is 247 g/mol. The van der Waals surface area contributed by atoms with Gasteiger partial charge in [-0.25, -0.2) is 9.78 Å². The van der Waals surface area contributed by atoms with E-state index in [0.717, 1.165) is 17.3 Å². The van der Waals surface area contributed by atoms with Gasteiger partial charge in [-0.2, -0.15) is 0 Å². The average Bonchev–Trinajstić information content (AvgIpc) is 2.28. The highest BCUT2D eigenvalue weighted by atomic mass is 16.5. The van der Waals surface area contributed by atoms with Crippen molar-refractivity contribution in [1.29, 1.82) is 0 Å². The first-order chi connectivity index (χ1) is 8.49. The molecule has 1 aromatic rings. The number of carbonyl (C=O) groups is 1. The van der Waals surface area contributed by atoms with Gasteiger partial charge in [0.1, 0.15) is 18.1 Å². The number of carboxylic acid groups (broad SMARTS) is 1. The summed E-state index contributed by atoms with van der Waals surface area (Å²) < 4.78 is 5.55. The van der Waals surface area contributed by atoms with Gasteiger partial charge in [-0.05, 0) is 45.1 Å². The largest absolute Gasteiger partial charge is 0.487 e. The number of hydrogen-bond acceptors (Lipinski definition) is 3. The standard InChI is InChI=1S/C14H17NO3/c1-10(2)8-9-18-13-6-4-11(3)15-12(13)5-7-14(16)17/h4-8H,9H2,1-3H3,(H,16,17). The monoisotopic (exact) mass is 247 g/mol. The van der Waals surface area contributed by atoms with E-state index in [0.29, 0.717) is 18.1 Å². The Balaban J connectivity index is 2.89. The third-order valence-corrected chi connectivity index (χ3v) is 2.14. The Morgan fingerprint density at radius 3 is 2.78 bits per heavy atom. The fourth-order valence-electron chi connectivity index (χ4n) is 1.25. The Labute approximate surface area is 107 Å². The molecule has 0 aliphatic rings. The van der Waals surface area contributed by atoms with Gasteiger partial charge in [-0.3, -0.25) is 0 Å². The van der Waals surface area contributed by atoms with E-state index in [4.69, 9.17) is 9.84 Å². The molecular weight excluding hydrogens is 230 g/mol. The van der Waals surface area contributed by atoms with Crippen molar-refractivity contribution < 1.29 is 14.6 Å². The van der Waals surface area contributed by atoms with Crippen LogP contribution in [0.3, 0.4) is 0 Å². The molecule has 0 saturated heterocycles. The first-order valence-corrected chi connectivity index (χ1v) is 5.64. The minimum atomic E-state index is -1.01. The Bertz CT molecular complexity index is 486. The van der Waals surface area contributed by atoms with Gasteiger partial charge in [0, 0.05) is 11.8 Å². The van der Waals surface area contributed by atoms with Gasteiger partial charge in [0.05, 0.1) is 0 Å². The maximum Gasteiger partial charge on any atom is 0.328 e. The van der Waals surface area contributed by atoms with E-state index in [1.54, 1.807) is 6.07 Å². The van der Waals surface area contributed by atoms with E-state index >= 15 is 0 Å². The molecule has 0 bridgehead atoms. The summed E-state index contributed by atoms with van der Waals surface area (Å²) in [5.74, 6) is -0.427. The Morgan fingerprint density at radius 2 is 2.17 bits per heavy atom. The van der Waals surface area contributed by atoms with Crippen LogP contribution in [0.1, 0.15) is 25.2 Å². The van der Waals surface area contributed by atoms with Crippen LogP contribution in [-0.2, 0) is 4.79 Å². The second-order valence-corrected chi connectivity index (χ2v) is 4.10. The number of ether oxygens (including phenoxy) is 1. The SMILES string of the molecule is CC(C)=CCOc1ccc(C)nc1C=CC(=O)O. The van der Waals surface area contributed by atoms with Crippen LogP contribution >= 0.6 is 0 Å². The van der Waals surface area contributed by atoms with Crippen molar-refractivity contribution in [3.63, 3.8) is 0 Å². The highest BCUT2D eigenvalue weighted by molar-refractivity contribution is 5.85. The lowest BCUT2D eigenvalue weighted by molar-refractivity contribution is -0.131. The molecule has 0 aliphatic heterocycles. The topological polar surface area (TPSA) is 59.4 Å². The van der Waals surface area contributed by atoms with Crippen molar-refractivity contribution >= 4 is 12.0 Å². The zero-order valence-corrected chi connectivity index (χ0v) is 10.8. The number of rotatable bonds is 5. The van der Waals surface area contributed by atoms with Crippen LogP contribution in [0.25, 0.3) is 6.08 Å². The van der Waals surface area contributed by atoms with Gasteiger partial charge in [-0.1, -0.05) is 5.57 Å². The fraction of sp³-hybridized carbons (Fsp3) is 0.286. The maximum absolute atomic E-state index is 10.5. The number of pyridine rings is 1. The molecule has 4 nitrogen and oxygen atoms in total. The molecule has 0 fully saturated rings. The Kier molecular flexibility index (Phi) is 5.11. The minimum Gasteiger partial charge on any atom is -0.487 e. The van der Waals surface area contributed by atoms with Crippen LogP contribution in [0.2, 0.25) is 0 Å². The summed E-state index contributed by atoms with van der Waals surface area (Å²) in [6.45, 7) is 6.27. The van der Waals surface area contributed by atoms with Crippen LogP contribution in [0.4, 0.5) is 0 Å². The predicted octanol–water partition coefficient (Wildman–Crippen LogP) is 2.83. The molecule has 18 heavy (non-hydrogen) atoms. The number of carboxylic acids is 1.